The van der Waals surface area contributed by atoms with E-state index in [9.17, 15) is 4.79 Å². The van der Waals surface area contributed by atoms with Crippen molar-refractivity contribution in [1.29, 1.82) is 0 Å². The number of hydrogen-bond donors (Lipinski definition) is 1. The van der Waals surface area contributed by atoms with Gasteiger partial charge in [0.05, 0.1) is 11.4 Å². The molecule has 8 nitrogen and oxygen atoms in total. The van der Waals surface area contributed by atoms with Crippen LogP contribution in [0.4, 0.5) is 5.69 Å². The molecule has 0 aliphatic carbocycles. The highest BCUT2D eigenvalue weighted by Crippen LogP contribution is 2.24. The van der Waals surface area contributed by atoms with Crippen molar-refractivity contribution in [2.24, 2.45) is 0 Å². The van der Waals surface area contributed by atoms with Crippen LogP contribution in [0.5, 0.6) is 0 Å². The first-order chi connectivity index (χ1) is 21.4. The van der Waals surface area contributed by atoms with Crippen molar-refractivity contribution in [2.45, 2.75) is 26.8 Å². The van der Waals surface area contributed by atoms with Gasteiger partial charge >= 0.3 is 0 Å². The van der Waals surface area contributed by atoms with Gasteiger partial charge in [-0.05, 0) is 86.1 Å². The largest absolute Gasteiger partial charge is 0.322 e. The molecule has 1 amide bonds. The Balaban J connectivity index is 1.13. The molecule has 0 unspecified atom stereocenters. The highest BCUT2D eigenvalue weighted by atomic mass is 16.1. The number of aromatic nitrogens is 4. The van der Waals surface area contributed by atoms with Gasteiger partial charge in [-0.15, -0.1) is 0 Å². The number of likely N-dealkylation sites (N-methyl/N-ethyl adjacent to an activating group) is 1. The number of hydrogen-bond acceptors (Lipinski definition) is 7. The van der Waals surface area contributed by atoms with E-state index in [1.807, 2.05) is 73.9 Å². The van der Waals surface area contributed by atoms with Crippen molar-refractivity contribution in [3.63, 3.8) is 0 Å². The van der Waals surface area contributed by atoms with Gasteiger partial charge in [0.2, 0.25) is 0 Å². The van der Waals surface area contributed by atoms with E-state index >= 15 is 0 Å². The summed E-state index contributed by atoms with van der Waals surface area (Å²) in [6, 6.07) is 23.8. The minimum absolute atomic E-state index is 0.125. The topological polar surface area (TPSA) is 87.1 Å². The van der Waals surface area contributed by atoms with Gasteiger partial charge in [-0.1, -0.05) is 24.3 Å². The van der Waals surface area contributed by atoms with Crippen LogP contribution in [0, 0.1) is 13.8 Å². The Labute approximate surface area is 258 Å². The van der Waals surface area contributed by atoms with Gasteiger partial charge in [0.1, 0.15) is 5.82 Å². The number of nitrogens with zero attached hydrogens (tertiary/aromatic N) is 6. The predicted molar refractivity (Wildman–Crippen MR) is 174 cm³/mol. The monoisotopic (exact) mass is 583 g/mol. The number of pyridine rings is 2. The second-order valence-corrected chi connectivity index (χ2v) is 11.5. The fourth-order valence-corrected chi connectivity index (χ4v) is 5.41. The van der Waals surface area contributed by atoms with Crippen molar-refractivity contribution >= 4 is 11.6 Å². The first-order valence-corrected chi connectivity index (χ1v) is 15.0. The highest BCUT2D eigenvalue weighted by Gasteiger charge is 2.15. The molecule has 44 heavy (non-hydrogen) atoms. The lowest BCUT2D eigenvalue weighted by Gasteiger charge is -2.32. The SMILES string of the molecule is Cc1cccc(-c2cncc(-c3ccnc(Cc4cc(NC(=O)c5ccc(CN6CCN(C)CC6)cc5)ccc4C)n3)c2)n1. The second-order valence-electron chi connectivity index (χ2n) is 11.5. The fraction of sp³-hybridized carbons (Fsp3) is 0.250. The molecular formula is C36H37N7O. The van der Waals surface area contributed by atoms with Crippen molar-refractivity contribution in [3.8, 4) is 22.5 Å². The maximum atomic E-state index is 13.1. The van der Waals surface area contributed by atoms with Crippen molar-refractivity contribution < 1.29 is 4.79 Å². The molecule has 8 heteroatoms. The average molecular weight is 584 g/mol. The molecule has 3 aromatic heterocycles. The lowest BCUT2D eigenvalue weighted by atomic mass is 10.0. The minimum atomic E-state index is -0.125. The predicted octanol–water partition coefficient (Wildman–Crippen LogP) is 5.81. The molecule has 0 bridgehead atoms. The molecule has 0 radical (unpaired) electrons. The maximum Gasteiger partial charge on any atom is 0.255 e. The summed E-state index contributed by atoms with van der Waals surface area (Å²) in [7, 11) is 2.16. The van der Waals surface area contributed by atoms with E-state index < -0.39 is 0 Å². The van der Waals surface area contributed by atoms with Crippen LogP contribution < -0.4 is 5.32 Å². The number of aryl methyl sites for hydroxylation is 2. The smallest absolute Gasteiger partial charge is 0.255 e. The van der Waals surface area contributed by atoms with E-state index in [4.69, 9.17) is 4.98 Å². The molecule has 1 fully saturated rings. The number of piperazine rings is 1. The van der Waals surface area contributed by atoms with Crippen LogP contribution in [-0.2, 0) is 13.0 Å². The molecule has 1 aliphatic rings. The minimum Gasteiger partial charge on any atom is -0.322 e. The second kappa shape index (κ2) is 13.2. The number of rotatable bonds is 8. The van der Waals surface area contributed by atoms with E-state index in [0.29, 0.717) is 17.8 Å². The summed E-state index contributed by atoms with van der Waals surface area (Å²) < 4.78 is 0. The number of amides is 1. The lowest BCUT2D eigenvalue weighted by Crippen LogP contribution is -2.43. The van der Waals surface area contributed by atoms with Crippen LogP contribution in [0.25, 0.3) is 22.5 Å². The number of carbonyl (C=O) groups excluding carboxylic acids is 1. The number of carbonyl (C=O) groups is 1. The Morgan fingerprint density at radius 1 is 0.841 bits per heavy atom. The van der Waals surface area contributed by atoms with E-state index in [1.165, 1.54) is 5.56 Å². The molecule has 0 atom stereocenters. The normalized spacial score (nSPS) is 14.0. The molecule has 6 rings (SSSR count). The van der Waals surface area contributed by atoms with Crippen molar-refractivity contribution in [2.75, 3.05) is 38.5 Å². The first-order valence-electron chi connectivity index (χ1n) is 15.0. The summed E-state index contributed by atoms with van der Waals surface area (Å²) >= 11 is 0. The summed E-state index contributed by atoms with van der Waals surface area (Å²) in [5, 5.41) is 3.07. The van der Waals surface area contributed by atoms with E-state index in [0.717, 1.165) is 77.7 Å². The average Bonchev–Trinajstić information content (AvgIpc) is 3.04. The molecule has 5 aromatic rings. The Morgan fingerprint density at radius 2 is 1.59 bits per heavy atom. The third-order valence-corrected chi connectivity index (χ3v) is 8.10. The van der Waals surface area contributed by atoms with Gasteiger partial charge in [-0.3, -0.25) is 19.7 Å². The van der Waals surface area contributed by atoms with E-state index in [-0.39, 0.29) is 5.91 Å². The summed E-state index contributed by atoms with van der Waals surface area (Å²) in [5.74, 6) is 0.573. The number of nitrogens with one attached hydrogen (secondary N) is 1. The molecule has 1 aliphatic heterocycles. The van der Waals surface area contributed by atoms with Crippen LogP contribution in [0.1, 0.15) is 38.6 Å². The van der Waals surface area contributed by atoms with Gasteiger partial charge in [0.15, 0.2) is 0 Å². The van der Waals surface area contributed by atoms with Crippen LogP contribution in [0.15, 0.2) is 91.4 Å². The molecular weight excluding hydrogens is 546 g/mol. The Hall–Kier alpha value is -4.79. The Bertz CT molecular complexity index is 1760. The van der Waals surface area contributed by atoms with Crippen molar-refractivity contribution in [1.82, 2.24) is 29.7 Å². The molecule has 2 aromatic carbocycles. The van der Waals surface area contributed by atoms with Crippen molar-refractivity contribution in [3.05, 3.63) is 125 Å². The maximum absolute atomic E-state index is 13.1. The van der Waals surface area contributed by atoms with Crippen LogP contribution >= 0.6 is 0 Å². The zero-order valence-electron chi connectivity index (χ0n) is 25.5. The number of anilines is 1. The first kappa shape index (κ1) is 29.3. The Kier molecular flexibility index (Phi) is 8.81. The third-order valence-electron chi connectivity index (χ3n) is 8.10. The summed E-state index contributed by atoms with van der Waals surface area (Å²) in [6.07, 6.45) is 5.95. The van der Waals surface area contributed by atoms with Crippen LogP contribution in [0.2, 0.25) is 0 Å². The summed E-state index contributed by atoms with van der Waals surface area (Å²) in [4.78, 5) is 36.4. The lowest BCUT2D eigenvalue weighted by molar-refractivity contribution is 0.102. The van der Waals surface area contributed by atoms with Gasteiger partial charge in [0, 0.05) is 85.8 Å². The molecule has 4 heterocycles. The van der Waals surface area contributed by atoms with Gasteiger partial charge in [-0.2, -0.15) is 0 Å². The van der Waals surface area contributed by atoms with Gasteiger partial charge < -0.3 is 10.2 Å². The fourth-order valence-electron chi connectivity index (χ4n) is 5.41. The molecule has 0 saturated carbocycles. The van der Waals surface area contributed by atoms with Crippen LogP contribution in [0.3, 0.4) is 0 Å². The number of benzene rings is 2. The summed E-state index contributed by atoms with van der Waals surface area (Å²) in [5.41, 5.74) is 9.26. The van der Waals surface area contributed by atoms with Gasteiger partial charge in [0.25, 0.3) is 5.91 Å². The van der Waals surface area contributed by atoms with Gasteiger partial charge in [-0.25, -0.2) is 9.97 Å². The van der Waals surface area contributed by atoms with E-state index in [1.54, 1.807) is 6.20 Å². The molecule has 1 N–H and O–H groups in total. The van der Waals surface area contributed by atoms with E-state index in [2.05, 4.69) is 62.2 Å². The molecule has 222 valence electrons. The Morgan fingerprint density at radius 3 is 2.34 bits per heavy atom. The highest BCUT2D eigenvalue weighted by molar-refractivity contribution is 6.04. The third kappa shape index (κ3) is 7.22. The zero-order valence-corrected chi connectivity index (χ0v) is 25.5. The molecule has 1 saturated heterocycles. The standard InChI is InChI=1S/C36H37N7O/c1-25-7-12-32(40-36(44)28-10-8-27(9-11-28)24-43-17-15-42(3)16-18-43)20-29(25)21-35-38-14-13-34(41-35)31-19-30(22-37-23-31)33-6-4-5-26(2)39-33/h4-14,19-20,22-23H,15-18,21,24H2,1-3H3,(H,40,44). The van der Waals surface area contributed by atoms with Crippen LogP contribution in [-0.4, -0.2) is 68.9 Å². The zero-order chi connectivity index (χ0) is 30.5. The quantitative estimate of drug-likeness (QED) is 0.247. The molecule has 0 spiro atoms. The summed E-state index contributed by atoms with van der Waals surface area (Å²) in [6.45, 7) is 9.27.